The maximum absolute atomic E-state index is 12.2. The second-order valence-corrected chi connectivity index (χ2v) is 14.3. The van der Waals surface area contributed by atoms with Gasteiger partial charge in [-0.25, -0.2) is 9.59 Å². The zero-order valence-corrected chi connectivity index (χ0v) is 24.0. The molecule has 3 N–H and O–H groups in total. The first-order chi connectivity index (χ1) is 14.3. The normalized spacial score (nSPS) is 14.0. The van der Waals surface area contributed by atoms with Gasteiger partial charge in [-0.05, 0) is 92.9 Å². The molecule has 0 aromatic heterocycles. The summed E-state index contributed by atoms with van der Waals surface area (Å²) in [6.07, 6.45) is 0.797. The van der Waals surface area contributed by atoms with Gasteiger partial charge in [0.2, 0.25) is 0 Å². The van der Waals surface area contributed by atoms with Crippen LogP contribution in [0.1, 0.15) is 110 Å². The number of amides is 2. The van der Waals surface area contributed by atoms with E-state index in [0.717, 1.165) is 25.9 Å². The number of hydrogen-bond donors (Lipinski definition) is 3. The first-order valence-corrected chi connectivity index (χ1v) is 12.1. The Morgan fingerprint density at radius 3 is 1.06 bits per heavy atom. The molecule has 33 heavy (non-hydrogen) atoms. The molecule has 7 heteroatoms. The average molecular weight is 472 g/mol. The lowest BCUT2D eigenvalue weighted by atomic mass is 9.78. The van der Waals surface area contributed by atoms with Crippen LogP contribution in [0.3, 0.4) is 0 Å². The van der Waals surface area contributed by atoms with E-state index >= 15 is 0 Å². The second-order valence-electron chi connectivity index (χ2n) is 14.3. The molecule has 2 amide bonds. The van der Waals surface area contributed by atoms with Crippen molar-refractivity contribution >= 4 is 12.2 Å². The van der Waals surface area contributed by atoms with Gasteiger partial charge in [-0.1, -0.05) is 27.7 Å². The van der Waals surface area contributed by atoms with Gasteiger partial charge in [-0.2, -0.15) is 0 Å². The van der Waals surface area contributed by atoms with E-state index in [1.807, 2.05) is 69.2 Å². The van der Waals surface area contributed by atoms with E-state index in [2.05, 4.69) is 43.6 Å². The van der Waals surface area contributed by atoms with E-state index in [0.29, 0.717) is 0 Å². The molecule has 0 aliphatic carbocycles. The molecule has 0 atom stereocenters. The number of ether oxygens (including phenoxy) is 2. The van der Waals surface area contributed by atoms with E-state index in [1.54, 1.807) is 0 Å². The van der Waals surface area contributed by atoms with Crippen LogP contribution in [0.4, 0.5) is 9.59 Å². The van der Waals surface area contributed by atoms with Gasteiger partial charge in [0.15, 0.2) is 0 Å². The summed E-state index contributed by atoms with van der Waals surface area (Å²) in [5, 5.41) is 9.61. The summed E-state index contributed by atoms with van der Waals surface area (Å²) in [4.78, 5) is 24.4. The van der Waals surface area contributed by atoms with Crippen LogP contribution in [-0.4, -0.2) is 47.6 Å². The van der Waals surface area contributed by atoms with Crippen LogP contribution in [0.25, 0.3) is 0 Å². The summed E-state index contributed by atoms with van der Waals surface area (Å²) in [5.41, 5.74) is -1.92. The molecule has 0 radical (unpaired) electrons. The highest BCUT2D eigenvalue weighted by atomic mass is 16.6. The fourth-order valence-corrected chi connectivity index (χ4v) is 4.51. The van der Waals surface area contributed by atoms with Crippen molar-refractivity contribution in [3.05, 3.63) is 0 Å². The van der Waals surface area contributed by atoms with E-state index in [4.69, 9.17) is 9.47 Å². The van der Waals surface area contributed by atoms with Crippen LogP contribution in [-0.2, 0) is 9.47 Å². The molecule has 0 spiro atoms. The highest BCUT2D eigenvalue weighted by Crippen LogP contribution is 2.30. The third-order valence-electron chi connectivity index (χ3n) is 4.73. The molecule has 0 bridgehead atoms. The molecule has 0 saturated heterocycles. The predicted molar refractivity (Wildman–Crippen MR) is 137 cm³/mol. The Bertz CT molecular complexity index is 597. The highest BCUT2D eigenvalue weighted by molar-refractivity contribution is 5.69. The van der Waals surface area contributed by atoms with Crippen molar-refractivity contribution in [2.45, 2.75) is 132 Å². The quantitative estimate of drug-likeness (QED) is 0.363. The molecule has 7 nitrogen and oxygen atoms in total. The first-order valence-electron chi connectivity index (χ1n) is 12.1. The molecule has 196 valence electrons. The van der Waals surface area contributed by atoms with Crippen LogP contribution in [0, 0.1) is 10.8 Å². The third kappa shape index (κ3) is 16.7. The predicted octanol–water partition coefficient (Wildman–Crippen LogP) is 6.02. The van der Waals surface area contributed by atoms with E-state index in [1.165, 1.54) is 0 Å². The fourth-order valence-electron chi connectivity index (χ4n) is 4.51. The lowest BCUT2D eigenvalue weighted by Crippen LogP contribution is -2.51. The Hall–Kier alpha value is -1.50. The molecule has 0 unspecified atom stereocenters. The largest absolute Gasteiger partial charge is 0.444 e. The summed E-state index contributed by atoms with van der Waals surface area (Å²) >= 11 is 0. The molecule has 0 saturated carbocycles. The minimum absolute atomic E-state index is 0.0428. The van der Waals surface area contributed by atoms with Crippen LogP contribution in [0.15, 0.2) is 0 Å². The summed E-state index contributed by atoms with van der Waals surface area (Å²) in [6.45, 7) is 29.6. The number of carbonyl (C=O) groups excluding carboxylic acids is 2. The van der Waals surface area contributed by atoms with Crippen LogP contribution in [0.5, 0.6) is 0 Å². The van der Waals surface area contributed by atoms with E-state index in [9.17, 15) is 9.59 Å². The van der Waals surface area contributed by atoms with Gasteiger partial charge < -0.3 is 25.4 Å². The molecular weight excluding hydrogens is 418 g/mol. The van der Waals surface area contributed by atoms with Gasteiger partial charge in [0, 0.05) is 24.2 Å². The van der Waals surface area contributed by atoms with Gasteiger partial charge in [-0.15, -0.1) is 0 Å². The zero-order chi connectivity index (χ0) is 26.5. The molecule has 0 fully saturated rings. The summed E-state index contributed by atoms with van der Waals surface area (Å²) in [5.74, 6) is 0. The zero-order valence-electron chi connectivity index (χ0n) is 24.0. The average Bonchev–Trinajstić information content (AvgIpc) is 2.36. The van der Waals surface area contributed by atoms with Crippen molar-refractivity contribution in [3.8, 4) is 0 Å². The smallest absolute Gasteiger partial charge is 0.408 e. The Labute approximate surface area is 203 Å². The Morgan fingerprint density at radius 1 is 0.545 bits per heavy atom. The molecule has 0 aliphatic heterocycles. The van der Waals surface area contributed by atoms with Crippen molar-refractivity contribution in [2.24, 2.45) is 10.8 Å². The van der Waals surface area contributed by atoms with Crippen LogP contribution >= 0.6 is 0 Å². The SMILES string of the molecule is CC(C)(CNCC(C)(C)CC(C)(C)NC(=O)OC(C)(C)C)CC(C)(C)NC(=O)OC(C)(C)C. The van der Waals surface area contributed by atoms with E-state index < -0.39 is 34.5 Å². The van der Waals surface area contributed by atoms with Gasteiger partial charge in [-0.3, -0.25) is 0 Å². The maximum atomic E-state index is 12.2. The van der Waals surface area contributed by atoms with Gasteiger partial charge in [0.25, 0.3) is 0 Å². The number of carbonyl (C=O) groups is 2. The molecule has 0 aromatic carbocycles. The van der Waals surface area contributed by atoms with Crippen LogP contribution in [0.2, 0.25) is 0 Å². The topological polar surface area (TPSA) is 88.7 Å². The standard InChI is InChI=1S/C26H53N3O4/c1-21(2,3)32-19(30)28-25(11,12)15-23(7,8)17-27-18-24(9,10)16-26(13,14)29-20(31)33-22(4,5)6/h27H,15-18H2,1-14H3,(H,28,30)(H,29,31). The molecule has 0 rings (SSSR count). The van der Waals surface area contributed by atoms with Crippen molar-refractivity contribution in [2.75, 3.05) is 13.1 Å². The van der Waals surface area contributed by atoms with Crippen LogP contribution < -0.4 is 16.0 Å². The number of alkyl carbamates (subject to hydrolysis) is 2. The molecule has 0 aliphatic rings. The first kappa shape index (κ1) is 31.5. The Balaban J connectivity index is 4.75. The van der Waals surface area contributed by atoms with Gasteiger partial charge in [0.1, 0.15) is 11.2 Å². The van der Waals surface area contributed by atoms with Gasteiger partial charge >= 0.3 is 12.2 Å². The molecule has 0 aromatic rings. The minimum atomic E-state index is -0.519. The third-order valence-corrected chi connectivity index (χ3v) is 4.73. The lowest BCUT2D eigenvalue weighted by molar-refractivity contribution is 0.0438. The number of rotatable bonds is 10. The number of nitrogens with one attached hydrogen (secondary N) is 3. The Kier molecular flexibility index (Phi) is 10.3. The van der Waals surface area contributed by atoms with E-state index in [-0.39, 0.29) is 10.8 Å². The molecule has 0 heterocycles. The maximum Gasteiger partial charge on any atom is 0.408 e. The van der Waals surface area contributed by atoms with Crippen molar-refractivity contribution < 1.29 is 19.1 Å². The molecular formula is C26H53N3O4. The lowest BCUT2D eigenvalue weighted by Gasteiger charge is -2.38. The Morgan fingerprint density at radius 2 is 0.818 bits per heavy atom. The second kappa shape index (κ2) is 10.8. The van der Waals surface area contributed by atoms with Gasteiger partial charge in [0.05, 0.1) is 0 Å². The fraction of sp³-hybridized carbons (Fsp3) is 0.923. The van der Waals surface area contributed by atoms with Crippen molar-refractivity contribution in [3.63, 3.8) is 0 Å². The monoisotopic (exact) mass is 471 g/mol. The highest BCUT2D eigenvalue weighted by Gasteiger charge is 2.34. The van der Waals surface area contributed by atoms with Crippen molar-refractivity contribution in [1.29, 1.82) is 0 Å². The minimum Gasteiger partial charge on any atom is -0.444 e. The number of hydrogen-bond acceptors (Lipinski definition) is 5. The summed E-state index contributed by atoms with van der Waals surface area (Å²) in [6, 6.07) is 0. The van der Waals surface area contributed by atoms with Crippen molar-refractivity contribution in [1.82, 2.24) is 16.0 Å². The summed E-state index contributed by atoms with van der Waals surface area (Å²) in [7, 11) is 0. The summed E-state index contributed by atoms with van der Waals surface area (Å²) < 4.78 is 10.8.